The maximum absolute atomic E-state index is 13.8. The van der Waals surface area contributed by atoms with Gasteiger partial charge in [0.15, 0.2) is 5.78 Å². The summed E-state index contributed by atoms with van der Waals surface area (Å²) in [6.07, 6.45) is 0.949. The third-order valence-electron chi connectivity index (χ3n) is 6.22. The van der Waals surface area contributed by atoms with Gasteiger partial charge in [-0.1, -0.05) is 60.7 Å². The standard InChI is InChI=1S/C29H27N3O2/c1-29(2,28(31)34)19-32-24-15-13-21(18-30)17-23(24)26(27(32)22-11-7-4-8-12-22)25(33)16-14-20-9-5-3-6-10-20/h3-13,15,17H,14,16,19H2,1-2H3,(H2,31,34). The monoisotopic (exact) mass is 449 g/mol. The molecule has 0 saturated carbocycles. The molecular formula is C29H27N3O2. The van der Waals surface area contributed by atoms with E-state index < -0.39 is 11.3 Å². The number of primary amides is 1. The van der Waals surface area contributed by atoms with Crippen LogP contribution >= 0.6 is 0 Å². The number of nitrogens with zero attached hydrogens (tertiary/aromatic N) is 2. The number of fused-ring (bicyclic) bond motifs is 1. The first kappa shape index (κ1) is 23.0. The number of benzene rings is 3. The molecular weight excluding hydrogens is 422 g/mol. The van der Waals surface area contributed by atoms with E-state index in [4.69, 9.17) is 5.73 Å². The lowest BCUT2D eigenvalue weighted by Crippen LogP contribution is -2.35. The number of ketones is 1. The van der Waals surface area contributed by atoms with Crippen LogP contribution in [-0.2, 0) is 17.8 Å². The fraction of sp³-hybridized carbons (Fsp3) is 0.207. The zero-order valence-electron chi connectivity index (χ0n) is 19.4. The largest absolute Gasteiger partial charge is 0.369 e. The molecule has 2 N–H and O–H groups in total. The van der Waals surface area contributed by atoms with Crippen molar-refractivity contribution in [3.05, 3.63) is 95.6 Å². The van der Waals surface area contributed by atoms with Gasteiger partial charge in [0.2, 0.25) is 5.91 Å². The molecule has 0 fully saturated rings. The summed E-state index contributed by atoms with van der Waals surface area (Å²) in [6, 6.07) is 27.1. The topological polar surface area (TPSA) is 88.9 Å². The molecule has 0 aliphatic rings. The van der Waals surface area contributed by atoms with Gasteiger partial charge in [0.25, 0.3) is 0 Å². The molecule has 1 aromatic heterocycles. The number of carbonyl (C=O) groups is 2. The summed E-state index contributed by atoms with van der Waals surface area (Å²) in [5.41, 5.74) is 9.45. The summed E-state index contributed by atoms with van der Waals surface area (Å²) in [7, 11) is 0. The van der Waals surface area contributed by atoms with E-state index in [0.717, 1.165) is 27.7 Å². The average Bonchev–Trinajstić information content (AvgIpc) is 3.16. The molecule has 0 aliphatic heterocycles. The number of aryl methyl sites for hydroxylation is 1. The fourth-order valence-electron chi connectivity index (χ4n) is 4.27. The van der Waals surface area contributed by atoms with Crippen LogP contribution in [0, 0.1) is 16.7 Å². The lowest BCUT2D eigenvalue weighted by Gasteiger charge is -2.24. The number of Topliss-reactive ketones (excluding diaryl/α,β-unsaturated/α-hetero) is 1. The third-order valence-corrected chi connectivity index (χ3v) is 6.22. The second-order valence-corrected chi connectivity index (χ2v) is 9.18. The molecule has 5 nitrogen and oxygen atoms in total. The van der Waals surface area contributed by atoms with Gasteiger partial charge in [0.05, 0.1) is 28.3 Å². The van der Waals surface area contributed by atoms with Gasteiger partial charge in [-0.15, -0.1) is 0 Å². The molecule has 4 aromatic rings. The first-order valence-electron chi connectivity index (χ1n) is 11.3. The Kier molecular flexibility index (Phi) is 6.34. The van der Waals surface area contributed by atoms with E-state index in [0.29, 0.717) is 30.5 Å². The molecule has 0 spiro atoms. The minimum Gasteiger partial charge on any atom is -0.369 e. The van der Waals surface area contributed by atoms with Crippen molar-refractivity contribution in [3.63, 3.8) is 0 Å². The number of hydrogen-bond acceptors (Lipinski definition) is 3. The summed E-state index contributed by atoms with van der Waals surface area (Å²) in [5, 5.41) is 10.2. The number of nitriles is 1. The van der Waals surface area contributed by atoms with E-state index >= 15 is 0 Å². The minimum atomic E-state index is -0.840. The van der Waals surface area contributed by atoms with Gasteiger partial charge < -0.3 is 10.3 Å². The zero-order valence-corrected chi connectivity index (χ0v) is 19.4. The van der Waals surface area contributed by atoms with E-state index in [1.165, 1.54) is 0 Å². The molecule has 1 amide bonds. The van der Waals surface area contributed by atoms with Gasteiger partial charge in [-0.05, 0) is 49.6 Å². The van der Waals surface area contributed by atoms with Crippen LogP contribution in [0.15, 0.2) is 78.9 Å². The fourth-order valence-corrected chi connectivity index (χ4v) is 4.27. The molecule has 4 rings (SSSR count). The van der Waals surface area contributed by atoms with Crippen LogP contribution < -0.4 is 5.73 Å². The number of hydrogen-bond donors (Lipinski definition) is 1. The van der Waals surface area contributed by atoms with Gasteiger partial charge in [-0.3, -0.25) is 9.59 Å². The highest BCUT2D eigenvalue weighted by molar-refractivity contribution is 6.14. The van der Waals surface area contributed by atoms with Crippen LogP contribution in [0.25, 0.3) is 22.2 Å². The molecule has 3 aromatic carbocycles. The highest BCUT2D eigenvalue weighted by Gasteiger charge is 2.30. The van der Waals surface area contributed by atoms with Crippen LogP contribution in [0.1, 0.15) is 41.8 Å². The summed E-state index contributed by atoms with van der Waals surface area (Å²) < 4.78 is 2.01. The third kappa shape index (κ3) is 4.49. The van der Waals surface area contributed by atoms with Crippen LogP contribution in [-0.4, -0.2) is 16.3 Å². The van der Waals surface area contributed by atoms with Crippen molar-refractivity contribution in [1.82, 2.24) is 4.57 Å². The van der Waals surface area contributed by atoms with Gasteiger partial charge in [-0.25, -0.2) is 0 Å². The molecule has 0 radical (unpaired) electrons. The van der Waals surface area contributed by atoms with E-state index in [9.17, 15) is 14.9 Å². The smallest absolute Gasteiger partial charge is 0.224 e. The number of amides is 1. The van der Waals surface area contributed by atoms with Crippen LogP contribution in [0.5, 0.6) is 0 Å². The van der Waals surface area contributed by atoms with Crippen molar-refractivity contribution < 1.29 is 9.59 Å². The number of carbonyl (C=O) groups excluding carboxylic acids is 2. The Balaban J connectivity index is 1.94. The minimum absolute atomic E-state index is 0.00146. The number of nitrogens with two attached hydrogens (primary N) is 1. The van der Waals surface area contributed by atoms with Crippen LogP contribution in [0.3, 0.4) is 0 Å². The Labute approximate surface area is 199 Å². The van der Waals surface area contributed by atoms with E-state index in [1.54, 1.807) is 26.0 Å². The number of aromatic nitrogens is 1. The number of rotatable bonds is 8. The van der Waals surface area contributed by atoms with Crippen molar-refractivity contribution in [2.75, 3.05) is 0 Å². The van der Waals surface area contributed by atoms with Gasteiger partial charge in [0.1, 0.15) is 0 Å². The normalized spacial score (nSPS) is 11.3. The van der Waals surface area contributed by atoms with Crippen molar-refractivity contribution >= 4 is 22.6 Å². The van der Waals surface area contributed by atoms with Gasteiger partial charge in [0, 0.05) is 23.9 Å². The second kappa shape index (κ2) is 9.36. The predicted molar refractivity (Wildman–Crippen MR) is 134 cm³/mol. The van der Waals surface area contributed by atoms with Crippen molar-refractivity contribution in [2.24, 2.45) is 11.1 Å². The SMILES string of the molecule is CC(C)(Cn1c(-c2ccccc2)c(C(=O)CCc2ccccc2)c2cc(C#N)ccc21)C(N)=O. The molecule has 34 heavy (non-hydrogen) atoms. The molecule has 1 heterocycles. The highest BCUT2D eigenvalue weighted by Crippen LogP contribution is 2.37. The Hall–Kier alpha value is -4.17. The zero-order chi connectivity index (χ0) is 24.3. The van der Waals surface area contributed by atoms with Crippen LogP contribution in [0.2, 0.25) is 0 Å². The highest BCUT2D eigenvalue weighted by atomic mass is 16.1. The van der Waals surface area contributed by atoms with Crippen molar-refractivity contribution in [1.29, 1.82) is 5.26 Å². The van der Waals surface area contributed by atoms with Gasteiger partial charge in [-0.2, -0.15) is 5.26 Å². The molecule has 0 atom stereocenters. The maximum atomic E-state index is 13.8. The maximum Gasteiger partial charge on any atom is 0.224 e. The quantitative estimate of drug-likeness (QED) is 0.360. The summed E-state index contributed by atoms with van der Waals surface area (Å²) in [6.45, 7) is 3.91. The summed E-state index contributed by atoms with van der Waals surface area (Å²) >= 11 is 0. The molecule has 5 heteroatoms. The predicted octanol–water partition coefficient (Wildman–Crippen LogP) is 5.51. The van der Waals surface area contributed by atoms with E-state index in [-0.39, 0.29) is 5.78 Å². The van der Waals surface area contributed by atoms with Crippen molar-refractivity contribution in [2.45, 2.75) is 33.2 Å². The Morgan fingerprint density at radius 1 is 0.971 bits per heavy atom. The summed E-state index contributed by atoms with van der Waals surface area (Å²) in [5.74, 6) is -0.419. The first-order chi connectivity index (χ1) is 16.3. The molecule has 0 unspecified atom stereocenters. The second-order valence-electron chi connectivity index (χ2n) is 9.18. The summed E-state index contributed by atoms with van der Waals surface area (Å²) in [4.78, 5) is 26.0. The lowest BCUT2D eigenvalue weighted by atomic mass is 9.92. The Morgan fingerprint density at radius 2 is 1.62 bits per heavy atom. The van der Waals surface area contributed by atoms with E-state index in [1.807, 2.05) is 71.3 Å². The van der Waals surface area contributed by atoms with E-state index in [2.05, 4.69) is 6.07 Å². The molecule has 0 saturated heterocycles. The van der Waals surface area contributed by atoms with Crippen LogP contribution in [0.4, 0.5) is 0 Å². The van der Waals surface area contributed by atoms with Crippen molar-refractivity contribution in [3.8, 4) is 17.3 Å². The lowest BCUT2D eigenvalue weighted by molar-refractivity contribution is -0.126. The first-order valence-corrected chi connectivity index (χ1v) is 11.3. The molecule has 0 aliphatic carbocycles. The molecule has 0 bridgehead atoms. The van der Waals surface area contributed by atoms with Gasteiger partial charge >= 0.3 is 0 Å². The Morgan fingerprint density at radius 3 is 2.24 bits per heavy atom. The Bertz CT molecular complexity index is 1390. The average molecular weight is 450 g/mol. The molecule has 170 valence electrons.